The number of halogens is 1. The molecule has 190 valence electrons. The number of amides is 2. The van der Waals surface area contributed by atoms with Gasteiger partial charge in [0, 0.05) is 48.4 Å². The van der Waals surface area contributed by atoms with E-state index in [0.717, 1.165) is 0 Å². The first kappa shape index (κ1) is 24.6. The number of oxazole rings is 1. The van der Waals surface area contributed by atoms with Gasteiger partial charge in [0.15, 0.2) is 12.2 Å². The van der Waals surface area contributed by atoms with Gasteiger partial charge in [-0.3, -0.25) is 14.4 Å². The molecule has 0 spiro atoms. The van der Waals surface area contributed by atoms with Crippen LogP contribution in [0, 0.1) is 11.7 Å². The van der Waals surface area contributed by atoms with E-state index < -0.39 is 17.5 Å². The summed E-state index contributed by atoms with van der Waals surface area (Å²) in [6.45, 7) is 5.14. The average molecular weight is 502 g/mol. The molecular weight excluding hydrogens is 473 g/mol. The van der Waals surface area contributed by atoms with E-state index in [1.807, 2.05) is 19.9 Å². The van der Waals surface area contributed by atoms with Gasteiger partial charge >= 0.3 is 0 Å². The average Bonchev–Trinajstić information content (AvgIpc) is 3.43. The SMILES string of the molecule is CC1CC=C(C(=O)C(=O)N2CCN(C(=O)c3ccccc3)CC2)c2c(F)ccc(-c3cnco3)c2C1C. The molecule has 3 aromatic rings. The zero-order valence-corrected chi connectivity index (χ0v) is 20.8. The number of hydrogen-bond acceptors (Lipinski definition) is 5. The normalized spacial score (nSPS) is 19.6. The third kappa shape index (κ3) is 4.59. The number of carbonyl (C=O) groups is 3. The van der Waals surface area contributed by atoms with Crippen molar-refractivity contribution in [3.63, 3.8) is 0 Å². The first-order chi connectivity index (χ1) is 17.9. The van der Waals surface area contributed by atoms with E-state index in [2.05, 4.69) is 4.98 Å². The van der Waals surface area contributed by atoms with Gasteiger partial charge in [0.1, 0.15) is 5.82 Å². The van der Waals surface area contributed by atoms with Crippen LogP contribution in [0.15, 0.2) is 65.5 Å². The summed E-state index contributed by atoms with van der Waals surface area (Å²) in [5.74, 6) is -1.58. The van der Waals surface area contributed by atoms with Crippen molar-refractivity contribution in [2.75, 3.05) is 26.2 Å². The highest BCUT2D eigenvalue weighted by Gasteiger charge is 2.35. The highest BCUT2D eigenvalue weighted by atomic mass is 19.1. The molecule has 2 heterocycles. The summed E-state index contributed by atoms with van der Waals surface area (Å²) < 4.78 is 20.9. The number of ketones is 1. The van der Waals surface area contributed by atoms with E-state index in [1.165, 1.54) is 17.4 Å². The van der Waals surface area contributed by atoms with Crippen molar-refractivity contribution in [1.29, 1.82) is 0 Å². The molecule has 1 saturated heterocycles. The van der Waals surface area contributed by atoms with Crippen LogP contribution in [0.3, 0.4) is 0 Å². The van der Waals surface area contributed by atoms with Crippen molar-refractivity contribution < 1.29 is 23.2 Å². The lowest BCUT2D eigenvalue weighted by Gasteiger charge is -2.34. The minimum Gasteiger partial charge on any atom is -0.444 e. The number of nitrogens with zero attached hydrogens (tertiary/aromatic N) is 3. The maximum absolute atomic E-state index is 15.4. The minimum absolute atomic E-state index is 0.0813. The van der Waals surface area contributed by atoms with E-state index in [0.29, 0.717) is 42.0 Å². The number of carbonyl (C=O) groups excluding carboxylic acids is 3. The summed E-state index contributed by atoms with van der Waals surface area (Å²) in [6.07, 6.45) is 5.08. The Kier molecular flexibility index (Phi) is 6.74. The van der Waals surface area contributed by atoms with Crippen molar-refractivity contribution in [2.45, 2.75) is 26.2 Å². The standard InChI is InChI=1S/C29H28FN3O4/c1-18-8-9-22(26-23(30)11-10-21(25(26)19(18)2)24-16-31-17-37-24)27(34)29(36)33-14-12-32(13-15-33)28(35)20-6-4-3-5-7-20/h3-7,9-11,16-19H,8,12-15H2,1-2H3. The van der Waals surface area contributed by atoms with Gasteiger partial charge < -0.3 is 14.2 Å². The zero-order chi connectivity index (χ0) is 26.1. The Morgan fingerprint density at radius 3 is 2.35 bits per heavy atom. The number of piperazine rings is 1. The zero-order valence-electron chi connectivity index (χ0n) is 20.8. The Labute approximate surface area is 214 Å². The monoisotopic (exact) mass is 501 g/mol. The van der Waals surface area contributed by atoms with Gasteiger partial charge in [0.25, 0.3) is 17.6 Å². The van der Waals surface area contributed by atoms with Crippen LogP contribution in [0.1, 0.15) is 47.7 Å². The predicted octanol–water partition coefficient (Wildman–Crippen LogP) is 4.56. The van der Waals surface area contributed by atoms with Crippen LogP contribution in [0.25, 0.3) is 16.9 Å². The van der Waals surface area contributed by atoms with E-state index in [-0.39, 0.29) is 42.0 Å². The number of allylic oxidation sites excluding steroid dienone is 1. The van der Waals surface area contributed by atoms with Crippen molar-refractivity contribution in [3.8, 4) is 11.3 Å². The van der Waals surface area contributed by atoms with E-state index in [4.69, 9.17) is 4.42 Å². The van der Waals surface area contributed by atoms with Crippen LogP contribution in [-0.4, -0.2) is 58.6 Å². The summed E-state index contributed by atoms with van der Waals surface area (Å²) >= 11 is 0. The van der Waals surface area contributed by atoms with Gasteiger partial charge in [0.05, 0.1) is 6.20 Å². The minimum atomic E-state index is -0.737. The molecular formula is C29H28FN3O4. The quantitative estimate of drug-likeness (QED) is 0.490. The summed E-state index contributed by atoms with van der Waals surface area (Å²) in [4.78, 5) is 46.8. The molecule has 5 rings (SSSR count). The predicted molar refractivity (Wildman–Crippen MR) is 136 cm³/mol. The van der Waals surface area contributed by atoms with Gasteiger partial charge in [0.2, 0.25) is 0 Å². The maximum atomic E-state index is 15.4. The number of aromatic nitrogens is 1. The second-order valence-corrected chi connectivity index (χ2v) is 9.65. The van der Waals surface area contributed by atoms with Gasteiger partial charge in [-0.05, 0) is 48.1 Å². The lowest BCUT2D eigenvalue weighted by Crippen LogP contribution is -2.52. The molecule has 1 aliphatic heterocycles. The molecule has 37 heavy (non-hydrogen) atoms. The number of Topliss-reactive ketones (excluding diaryl/α,β-unsaturated/α-hetero) is 1. The topological polar surface area (TPSA) is 83.7 Å². The van der Waals surface area contributed by atoms with Crippen LogP contribution < -0.4 is 0 Å². The van der Waals surface area contributed by atoms with Gasteiger partial charge in [-0.2, -0.15) is 0 Å². The molecule has 2 unspecified atom stereocenters. The van der Waals surface area contributed by atoms with Crippen LogP contribution in [-0.2, 0) is 9.59 Å². The van der Waals surface area contributed by atoms with Gasteiger partial charge in [-0.25, -0.2) is 9.37 Å². The van der Waals surface area contributed by atoms with Crippen molar-refractivity contribution in [1.82, 2.24) is 14.8 Å². The molecule has 8 heteroatoms. The largest absolute Gasteiger partial charge is 0.444 e. The van der Waals surface area contributed by atoms with Crippen LogP contribution >= 0.6 is 0 Å². The fraction of sp³-hybridized carbons (Fsp3) is 0.310. The molecule has 0 bridgehead atoms. The van der Waals surface area contributed by atoms with Crippen LogP contribution in [0.2, 0.25) is 0 Å². The number of fused-ring (bicyclic) bond motifs is 1. The molecule has 1 aromatic heterocycles. The van der Waals surface area contributed by atoms with E-state index >= 15 is 4.39 Å². The van der Waals surface area contributed by atoms with Gasteiger partial charge in [-0.15, -0.1) is 0 Å². The Balaban J connectivity index is 1.40. The smallest absolute Gasteiger partial charge is 0.295 e. The molecule has 7 nitrogen and oxygen atoms in total. The first-order valence-electron chi connectivity index (χ1n) is 12.5. The highest BCUT2D eigenvalue weighted by Crippen LogP contribution is 2.43. The van der Waals surface area contributed by atoms with E-state index in [1.54, 1.807) is 47.5 Å². The summed E-state index contributed by atoms with van der Waals surface area (Å²) in [6, 6.07) is 11.9. The molecule has 2 aromatic carbocycles. The van der Waals surface area contributed by atoms with Crippen molar-refractivity contribution in [3.05, 3.63) is 83.6 Å². The Hall–Kier alpha value is -4.07. The van der Waals surface area contributed by atoms with E-state index in [9.17, 15) is 14.4 Å². The summed E-state index contributed by atoms with van der Waals surface area (Å²) in [5, 5.41) is 0. The third-order valence-corrected chi connectivity index (χ3v) is 7.48. The number of hydrogen-bond donors (Lipinski definition) is 0. The number of rotatable bonds is 4. The van der Waals surface area contributed by atoms with Crippen LogP contribution in [0.5, 0.6) is 0 Å². The molecule has 1 fully saturated rings. The molecule has 1 aliphatic carbocycles. The molecule has 2 atom stereocenters. The summed E-state index contributed by atoms with van der Waals surface area (Å²) in [5.41, 5.74) is 2.13. The van der Waals surface area contributed by atoms with Crippen LogP contribution in [0.4, 0.5) is 4.39 Å². The fourth-order valence-corrected chi connectivity index (χ4v) is 5.14. The van der Waals surface area contributed by atoms with Gasteiger partial charge in [-0.1, -0.05) is 38.1 Å². The molecule has 0 N–H and O–H groups in total. The molecule has 0 radical (unpaired) electrons. The molecule has 2 amide bonds. The Bertz CT molecular complexity index is 1360. The highest BCUT2D eigenvalue weighted by molar-refractivity contribution is 6.53. The van der Waals surface area contributed by atoms with Crippen molar-refractivity contribution in [2.24, 2.45) is 5.92 Å². The summed E-state index contributed by atoms with van der Waals surface area (Å²) in [7, 11) is 0. The third-order valence-electron chi connectivity index (χ3n) is 7.48. The maximum Gasteiger partial charge on any atom is 0.295 e. The Morgan fingerprint density at radius 2 is 1.68 bits per heavy atom. The fourth-order valence-electron chi connectivity index (χ4n) is 5.14. The Morgan fingerprint density at radius 1 is 0.973 bits per heavy atom. The second-order valence-electron chi connectivity index (χ2n) is 9.65. The number of benzene rings is 2. The second kappa shape index (κ2) is 10.1. The lowest BCUT2D eigenvalue weighted by atomic mass is 9.82. The lowest BCUT2D eigenvalue weighted by molar-refractivity contribution is -0.142. The molecule has 2 aliphatic rings. The van der Waals surface area contributed by atoms with Crippen molar-refractivity contribution >= 4 is 23.2 Å². The first-order valence-corrected chi connectivity index (χ1v) is 12.5. The molecule has 0 saturated carbocycles.